The molecule has 2 heterocycles. The first kappa shape index (κ1) is 12.0. The van der Waals surface area contributed by atoms with Gasteiger partial charge in [0, 0.05) is 19.2 Å². The molecule has 0 saturated carbocycles. The molecule has 1 fully saturated rings. The number of aromatic nitrogens is 2. The summed E-state index contributed by atoms with van der Waals surface area (Å²) in [5.41, 5.74) is 6.14. The second-order valence-corrected chi connectivity index (χ2v) is 4.75. The van der Waals surface area contributed by atoms with Gasteiger partial charge in [-0.25, -0.2) is 4.68 Å². The number of hydrogen-bond donors (Lipinski definition) is 1. The van der Waals surface area contributed by atoms with Gasteiger partial charge in [-0.2, -0.15) is 5.10 Å². The van der Waals surface area contributed by atoms with Gasteiger partial charge in [-0.15, -0.1) is 0 Å². The fraction of sp³-hybridized carbons (Fsp3) is 0.545. The molecule has 0 aliphatic carbocycles. The van der Waals surface area contributed by atoms with E-state index >= 15 is 0 Å². The fourth-order valence-corrected chi connectivity index (χ4v) is 2.14. The predicted octanol–water partition coefficient (Wildman–Crippen LogP) is 0.520. The quantitative estimate of drug-likeness (QED) is 0.795. The number of hydrogen-bond acceptors (Lipinski definition) is 4. The number of piperidine rings is 1. The van der Waals surface area contributed by atoms with E-state index in [9.17, 15) is 4.79 Å². The number of nitrogens with zero attached hydrogens (tertiary/aromatic N) is 3. The van der Waals surface area contributed by atoms with Crippen molar-refractivity contribution in [1.82, 2.24) is 9.78 Å². The van der Waals surface area contributed by atoms with Crippen LogP contribution in [0.25, 0.3) is 0 Å². The first-order chi connectivity index (χ1) is 8.16. The zero-order valence-electron chi connectivity index (χ0n) is 9.63. The third-order valence-electron chi connectivity index (χ3n) is 2.88. The third kappa shape index (κ3) is 3.03. The number of nitrogens with two attached hydrogens (primary N) is 1. The van der Waals surface area contributed by atoms with E-state index in [1.807, 2.05) is 0 Å². The molecule has 5 nitrogen and oxygen atoms in total. The molecule has 1 aliphatic heterocycles. The van der Waals surface area contributed by atoms with Crippen molar-refractivity contribution in [2.24, 2.45) is 5.73 Å². The van der Waals surface area contributed by atoms with Gasteiger partial charge in [0.2, 0.25) is 0 Å². The van der Waals surface area contributed by atoms with Gasteiger partial charge in [-0.05, 0) is 19.3 Å². The van der Waals surface area contributed by atoms with E-state index in [2.05, 4.69) is 10.00 Å². The van der Waals surface area contributed by atoms with E-state index in [1.54, 1.807) is 12.3 Å². The Morgan fingerprint density at radius 3 is 2.71 bits per heavy atom. The molecule has 0 spiro atoms. The smallest absolute Gasteiger partial charge is 0.269 e. The van der Waals surface area contributed by atoms with Crippen LogP contribution in [0, 0.1) is 0 Å². The lowest BCUT2D eigenvalue weighted by Gasteiger charge is -2.28. The van der Waals surface area contributed by atoms with Crippen molar-refractivity contribution in [1.29, 1.82) is 0 Å². The lowest BCUT2D eigenvalue weighted by atomic mass is 10.1. The Hall–Kier alpha value is -1.43. The molecule has 0 atom stereocenters. The summed E-state index contributed by atoms with van der Waals surface area (Å²) in [7, 11) is 0. The SMILES string of the molecule is NC(=S)Cn1ncc(N2CCCCC2)cc1=O. The van der Waals surface area contributed by atoms with E-state index in [0.29, 0.717) is 0 Å². The second kappa shape index (κ2) is 5.27. The molecule has 17 heavy (non-hydrogen) atoms. The van der Waals surface area contributed by atoms with Crippen molar-refractivity contribution < 1.29 is 0 Å². The highest BCUT2D eigenvalue weighted by Gasteiger charge is 2.12. The van der Waals surface area contributed by atoms with Crippen LogP contribution >= 0.6 is 12.2 Å². The van der Waals surface area contributed by atoms with E-state index in [-0.39, 0.29) is 17.1 Å². The van der Waals surface area contributed by atoms with Crippen molar-refractivity contribution in [2.45, 2.75) is 25.8 Å². The molecule has 0 amide bonds. The van der Waals surface area contributed by atoms with Gasteiger partial charge in [-0.1, -0.05) is 12.2 Å². The Bertz CT molecular complexity index is 465. The minimum absolute atomic E-state index is 0.152. The zero-order valence-corrected chi connectivity index (χ0v) is 10.4. The van der Waals surface area contributed by atoms with Gasteiger partial charge in [0.1, 0.15) is 0 Å². The topological polar surface area (TPSA) is 64.2 Å². The van der Waals surface area contributed by atoms with Crippen molar-refractivity contribution in [3.8, 4) is 0 Å². The molecular weight excluding hydrogens is 236 g/mol. The van der Waals surface area contributed by atoms with E-state index in [0.717, 1.165) is 18.8 Å². The molecule has 92 valence electrons. The molecule has 0 unspecified atom stereocenters. The minimum Gasteiger partial charge on any atom is -0.392 e. The summed E-state index contributed by atoms with van der Waals surface area (Å²) in [4.78, 5) is 14.2. The Morgan fingerprint density at radius 1 is 1.41 bits per heavy atom. The summed E-state index contributed by atoms with van der Waals surface area (Å²) in [6.45, 7) is 2.20. The van der Waals surface area contributed by atoms with E-state index in [4.69, 9.17) is 18.0 Å². The van der Waals surface area contributed by atoms with Crippen LogP contribution in [0.1, 0.15) is 19.3 Å². The largest absolute Gasteiger partial charge is 0.392 e. The summed E-state index contributed by atoms with van der Waals surface area (Å²) < 4.78 is 1.29. The Morgan fingerprint density at radius 2 is 2.12 bits per heavy atom. The van der Waals surface area contributed by atoms with Crippen molar-refractivity contribution in [3.05, 3.63) is 22.6 Å². The average Bonchev–Trinajstić information content (AvgIpc) is 2.32. The molecule has 0 aromatic carbocycles. The summed E-state index contributed by atoms with van der Waals surface area (Å²) in [5, 5.41) is 4.09. The van der Waals surface area contributed by atoms with Crippen LogP contribution in [0.3, 0.4) is 0 Å². The highest BCUT2D eigenvalue weighted by atomic mass is 32.1. The maximum absolute atomic E-state index is 11.8. The van der Waals surface area contributed by atoms with Gasteiger partial charge in [-0.3, -0.25) is 4.79 Å². The molecule has 1 aromatic rings. The Labute approximate surface area is 105 Å². The van der Waals surface area contributed by atoms with E-state index < -0.39 is 0 Å². The summed E-state index contributed by atoms with van der Waals surface area (Å²) in [5.74, 6) is 0. The molecular formula is C11H16N4OS. The molecule has 0 bridgehead atoms. The van der Waals surface area contributed by atoms with Crippen LogP contribution in [-0.2, 0) is 6.54 Å². The normalized spacial score (nSPS) is 15.9. The second-order valence-electron chi connectivity index (χ2n) is 4.22. The lowest BCUT2D eigenvalue weighted by molar-refractivity contribution is 0.573. The van der Waals surface area contributed by atoms with E-state index in [1.165, 1.54) is 23.9 Å². The Kier molecular flexibility index (Phi) is 3.73. The summed E-state index contributed by atoms with van der Waals surface area (Å²) in [6.07, 6.45) is 5.33. The van der Waals surface area contributed by atoms with Gasteiger partial charge in [0.25, 0.3) is 5.56 Å². The van der Waals surface area contributed by atoms with Gasteiger partial charge in [0.05, 0.1) is 23.4 Å². The molecule has 2 N–H and O–H groups in total. The minimum atomic E-state index is -0.152. The molecule has 1 saturated heterocycles. The molecule has 1 aliphatic rings. The summed E-state index contributed by atoms with van der Waals surface area (Å²) in [6, 6.07) is 1.61. The van der Waals surface area contributed by atoms with Crippen LogP contribution < -0.4 is 16.2 Å². The maximum Gasteiger partial charge on any atom is 0.269 e. The number of thiocarbonyl (C=S) groups is 1. The van der Waals surface area contributed by atoms with Crippen LogP contribution in [0.5, 0.6) is 0 Å². The monoisotopic (exact) mass is 252 g/mol. The molecule has 2 rings (SSSR count). The predicted molar refractivity (Wildman–Crippen MR) is 71.3 cm³/mol. The van der Waals surface area contributed by atoms with Crippen LogP contribution in [-0.4, -0.2) is 27.9 Å². The average molecular weight is 252 g/mol. The molecule has 0 radical (unpaired) electrons. The number of anilines is 1. The van der Waals surface area contributed by atoms with Gasteiger partial charge < -0.3 is 10.6 Å². The third-order valence-corrected chi connectivity index (χ3v) is 3.01. The fourth-order valence-electron chi connectivity index (χ4n) is 2.02. The lowest BCUT2D eigenvalue weighted by Crippen LogP contribution is -2.33. The molecule has 1 aromatic heterocycles. The van der Waals surface area contributed by atoms with Gasteiger partial charge >= 0.3 is 0 Å². The maximum atomic E-state index is 11.8. The van der Waals surface area contributed by atoms with Crippen molar-refractivity contribution in [3.63, 3.8) is 0 Å². The first-order valence-corrected chi connectivity index (χ1v) is 6.18. The van der Waals surface area contributed by atoms with Crippen LogP contribution in [0.15, 0.2) is 17.1 Å². The summed E-state index contributed by atoms with van der Waals surface area (Å²) >= 11 is 4.76. The Balaban J connectivity index is 2.18. The van der Waals surface area contributed by atoms with Crippen molar-refractivity contribution >= 4 is 22.9 Å². The van der Waals surface area contributed by atoms with Crippen LogP contribution in [0.4, 0.5) is 5.69 Å². The number of rotatable bonds is 3. The highest BCUT2D eigenvalue weighted by molar-refractivity contribution is 7.80. The standard InChI is InChI=1S/C11H16N4OS/c12-10(17)8-15-11(16)6-9(7-13-15)14-4-2-1-3-5-14/h6-7H,1-5,8H2,(H2,12,17). The highest BCUT2D eigenvalue weighted by Crippen LogP contribution is 2.16. The van der Waals surface area contributed by atoms with Gasteiger partial charge in [0.15, 0.2) is 0 Å². The molecule has 6 heteroatoms. The van der Waals surface area contributed by atoms with Crippen LogP contribution in [0.2, 0.25) is 0 Å². The van der Waals surface area contributed by atoms with Crippen molar-refractivity contribution in [2.75, 3.05) is 18.0 Å². The zero-order chi connectivity index (χ0) is 12.3. The first-order valence-electron chi connectivity index (χ1n) is 5.77.